The number of benzene rings is 1. The molecular weight excluding hydrogens is 256 g/mol. The minimum atomic E-state index is -0.736. The molecule has 0 unspecified atom stereocenters. The van der Waals surface area contributed by atoms with Crippen molar-refractivity contribution < 1.29 is 19.4 Å². The molecule has 1 aliphatic carbocycles. The molecule has 1 N–H and O–H groups in total. The van der Waals surface area contributed by atoms with Crippen LogP contribution in [-0.2, 0) is 23.1 Å². The van der Waals surface area contributed by atoms with Gasteiger partial charge in [-0.2, -0.15) is 0 Å². The summed E-state index contributed by atoms with van der Waals surface area (Å²) in [6.07, 6.45) is 4.07. The molecule has 0 bridgehead atoms. The lowest BCUT2D eigenvalue weighted by Crippen LogP contribution is -2.43. The molecule has 1 fully saturated rings. The lowest BCUT2D eigenvalue weighted by molar-refractivity contribution is -0.147. The summed E-state index contributed by atoms with van der Waals surface area (Å²) >= 11 is 0. The van der Waals surface area contributed by atoms with E-state index in [9.17, 15) is 9.90 Å². The molecule has 0 spiro atoms. The average Bonchev–Trinajstić information content (AvgIpc) is 3.00. The molecule has 106 valence electrons. The molecule has 20 heavy (non-hydrogen) atoms. The Balaban J connectivity index is 2.03. The first-order valence-electron chi connectivity index (χ1n) is 7.33. The van der Waals surface area contributed by atoms with Crippen LogP contribution in [0.3, 0.4) is 0 Å². The molecule has 3 aliphatic rings. The number of aliphatic carboxylic acids is 1. The molecule has 0 saturated heterocycles. The molecule has 0 radical (unpaired) electrons. The second kappa shape index (κ2) is 3.90. The zero-order valence-corrected chi connectivity index (χ0v) is 11.6. The van der Waals surface area contributed by atoms with Crippen LogP contribution >= 0.6 is 0 Å². The maximum atomic E-state index is 11.9. The van der Waals surface area contributed by atoms with Gasteiger partial charge in [0, 0.05) is 29.5 Å². The van der Waals surface area contributed by atoms with Crippen LogP contribution in [0.4, 0.5) is 0 Å². The molecule has 2 heterocycles. The summed E-state index contributed by atoms with van der Waals surface area (Å²) in [5.41, 5.74) is 3.59. The molecule has 0 atom stereocenters. The fourth-order valence-electron chi connectivity index (χ4n) is 3.95. The Bertz CT molecular complexity index is 578. The van der Waals surface area contributed by atoms with Crippen molar-refractivity contribution in [3.05, 3.63) is 22.3 Å². The molecular formula is C16H18O4. The summed E-state index contributed by atoms with van der Waals surface area (Å²) in [5, 5.41) is 9.77. The molecule has 4 rings (SSSR count). The fourth-order valence-corrected chi connectivity index (χ4v) is 3.95. The number of carboxylic acids is 1. The van der Waals surface area contributed by atoms with E-state index in [0.717, 1.165) is 53.0 Å². The monoisotopic (exact) mass is 274 g/mol. The topological polar surface area (TPSA) is 55.8 Å². The van der Waals surface area contributed by atoms with Crippen LogP contribution in [0.15, 0.2) is 0 Å². The molecule has 1 aromatic rings. The second-order valence-corrected chi connectivity index (χ2v) is 6.05. The summed E-state index contributed by atoms with van der Waals surface area (Å²) in [6.45, 7) is 3.37. The first-order chi connectivity index (χ1) is 9.65. The third-order valence-electron chi connectivity index (χ3n) is 5.16. The first-order valence-corrected chi connectivity index (χ1v) is 7.33. The molecule has 2 aliphatic heterocycles. The predicted molar refractivity (Wildman–Crippen MR) is 72.7 cm³/mol. The van der Waals surface area contributed by atoms with Crippen LogP contribution < -0.4 is 9.47 Å². The van der Waals surface area contributed by atoms with Crippen LogP contribution in [0.2, 0.25) is 0 Å². The van der Waals surface area contributed by atoms with Crippen molar-refractivity contribution >= 4 is 5.97 Å². The normalized spacial score (nSPS) is 21.4. The second-order valence-electron chi connectivity index (χ2n) is 6.05. The van der Waals surface area contributed by atoms with Crippen LogP contribution in [0, 0.1) is 6.92 Å². The number of hydrogen-bond acceptors (Lipinski definition) is 3. The van der Waals surface area contributed by atoms with Gasteiger partial charge in [0.05, 0.1) is 18.6 Å². The van der Waals surface area contributed by atoms with Crippen molar-refractivity contribution in [3.63, 3.8) is 0 Å². The van der Waals surface area contributed by atoms with E-state index in [0.29, 0.717) is 26.1 Å². The minimum absolute atomic E-state index is 0.655. The first kappa shape index (κ1) is 12.1. The largest absolute Gasteiger partial charge is 0.493 e. The number of rotatable bonds is 2. The molecule has 0 aromatic heterocycles. The van der Waals surface area contributed by atoms with E-state index in [-0.39, 0.29) is 0 Å². The van der Waals surface area contributed by atoms with E-state index in [1.807, 2.05) is 0 Å². The van der Waals surface area contributed by atoms with E-state index < -0.39 is 11.4 Å². The lowest BCUT2D eigenvalue weighted by atomic mass is 9.62. The van der Waals surface area contributed by atoms with Gasteiger partial charge in [-0.15, -0.1) is 0 Å². The molecule has 0 amide bonds. The fraction of sp³-hybridized carbons (Fsp3) is 0.562. The maximum Gasteiger partial charge on any atom is 0.314 e. The van der Waals surface area contributed by atoms with Gasteiger partial charge >= 0.3 is 5.97 Å². The predicted octanol–water partition coefficient (Wildman–Crippen LogP) is 2.37. The van der Waals surface area contributed by atoms with Crippen molar-refractivity contribution in [3.8, 4) is 11.5 Å². The number of carbonyl (C=O) groups is 1. The van der Waals surface area contributed by atoms with Crippen molar-refractivity contribution in [1.82, 2.24) is 0 Å². The quantitative estimate of drug-likeness (QED) is 0.899. The molecule has 4 nitrogen and oxygen atoms in total. The van der Waals surface area contributed by atoms with E-state index in [2.05, 4.69) is 6.92 Å². The lowest BCUT2D eigenvalue weighted by Gasteiger charge is -2.40. The Labute approximate surface area is 117 Å². The van der Waals surface area contributed by atoms with Gasteiger partial charge in [0.25, 0.3) is 0 Å². The van der Waals surface area contributed by atoms with Gasteiger partial charge in [-0.1, -0.05) is 6.42 Å². The highest BCUT2D eigenvalue weighted by Crippen LogP contribution is 2.55. The Kier molecular flexibility index (Phi) is 2.35. The zero-order chi connectivity index (χ0) is 13.9. The van der Waals surface area contributed by atoms with Gasteiger partial charge in [-0.3, -0.25) is 4.79 Å². The average molecular weight is 274 g/mol. The van der Waals surface area contributed by atoms with E-state index >= 15 is 0 Å². The maximum absolute atomic E-state index is 11.9. The van der Waals surface area contributed by atoms with Crippen LogP contribution in [0.25, 0.3) is 0 Å². The van der Waals surface area contributed by atoms with Crippen LogP contribution in [0.1, 0.15) is 41.5 Å². The number of ether oxygens (including phenoxy) is 2. The zero-order valence-electron chi connectivity index (χ0n) is 11.6. The van der Waals surface area contributed by atoms with Gasteiger partial charge in [-0.05, 0) is 25.3 Å². The highest BCUT2D eigenvalue weighted by atomic mass is 16.5. The molecule has 1 saturated carbocycles. The minimum Gasteiger partial charge on any atom is -0.493 e. The van der Waals surface area contributed by atoms with Crippen molar-refractivity contribution in [2.24, 2.45) is 0 Å². The van der Waals surface area contributed by atoms with Crippen molar-refractivity contribution in [2.45, 2.75) is 44.4 Å². The Morgan fingerprint density at radius 1 is 1.10 bits per heavy atom. The van der Waals surface area contributed by atoms with Gasteiger partial charge in [0.15, 0.2) is 0 Å². The summed E-state index contributed by atoms with van der Waals surface area (Å²) in [6, 6.07) is 0. The van der Waals surface area contributed by atoms with Crippen LogP contribution in [0.5, 0.6) is 11.5 Å². The van der Waals surface area contributed by atoms with E-state index in [4.69, 9.17) is 9.47 Å². The van der Waals surface area contributed by atoms with E-state index in [1.54, 1.807) is 0 Å². The van der Waals surface area contributed by atoms with Gasteiger partial charge < -0.3 is 14.6 Å². The SMILES string of the molecule is Cc1c2c(c(C3(C(=O)O)CCC3)c3c1OCC3)OCC2. The highest BCUT2D eigenvalue weighted by molar-refractivity contribution is 5.86. The smallest absolute Gasteiger partial charge is 0.314 e. The van der Waals surface area contributed by atoms with Crippen LogP contribution in [-0.4, -0.2) is 24.3 Å². The number of fused-ring (bicyclic) bond motifs is 2. The van der Waals surface area contributed by atoms with Crippen molar-refractivity contribution in [1.29, 1.82) is 0 Å². The molecule has 1 aromatic carbocycles. The number of hydrogen-bond donors (Lipinski definition) is 1. The third kappa shape index (κ3) is 1.29. The molecule has 4 heteroatoms. The Morgan fingerprint density at radius 3 is 2.35 bits per heavy atom. The van der Waals surface area contributed by atoms with Gasteiger partial charge in [0.1, 0.15) is 11.5 Å². The number of carboxylic acid groups (broad SMARTS) is 1. The Hall–Kier alpha value is -1.71. The highest BCUT2D eigenvalue weighted by Gasteiger charge is 2.51. The van der Waals surface area contributed by atoms with Gasteiger partial charge in [0.2, 0.25) is 0 Å². The summed E-state index contributed by atoms with van der Waals surface area (Å²) in [7, 11) is 0. The summed E-state index contributed by atoms with van der Waals surface area (Å²) in [4.78, 5) is 11.9. The third-order valence-corrected chi connectivity index (χ3v) is 5.16. The van der Waals surface area contributed by atoms with E-state index in [1.165, 1.54) is 0 Å². The summed E-state index contributed by atoms with van der Waals surface area (Å²) < 4.78 is 11.6. The standard InChI is InChI=1S/C16H18O4/c1-9-10-3-7-20-14(10)12(11-4-8-19-13(9)11)16(15(17)18)5-2-6-16/h2-8H2,1H3,(H,17,18). The van der Waals surface area contributed by atoms with Crippen molar-refractivity contribution in [2.75, 3.05) is 13.2 Å². The van der Waals surface area contributed by atoms with Gasteiger partial charge in [-0.25, -0.2) is 0 Å². The Morgan fingerprint density at radius 2 is 1.75 bits per heavy atom. The summed E-state index contributed by atoms with van der Waals surface area (Å²) in [5.74, 6) is 1.07.